The molecule has 0 aliphatic carbocycles. The van der Waals surface area contributed by atoms with Gasteiger partial charge in [-0.15, -0.1) is 0 Å². The number of carbonyl (C=O) groups excluding carboxylic acids is 1. The molecule has 156 valence electrons. The van der Waals surface area contributed by atoms with Gasteiger partial charge in [0.25, 0.3) is 0 Å². The average Bonchev–Trinajstić information content (AvgIpc) is 3.19. The molecule has 7 heteroatoms. The van der Waals surface area contributed by atoms with Crippen molar-refractivity contribution in [2.45, 2.75) is 45.6 Å². The van der Waals surface area contributed by atoms with E-state index in [0.717, 1.165) is 54.5 Å². The topological polar surface area (TPSA) is 75.9 Å². The van der Waals surface area contributed by atoms with Crippen LogP contribution in [-0.2, 0) is 11.3 Å². The Labute approximate surface area is 177 Å². The number of aromatic nitrogens is 4. The number of anilines is 2. The number of carbonyl (C=O) groups is 1. The zero-order valence-corrected chi connectivity index (χ0v) is 17.6. The van der Waals surface area contributed by atoms with Gasteiger partial charge in [0.15, 0.2) is 0 Å². The number of aryl methyl sites for hydroxylation is 3. The van der Waals surface area contributed by atoms with E-state index in [4.69, 9.17) is 4.98 Å². The monoisotopic (exact) mass is 404 g/mol. The standard InChI is InChI=1S/C23H28N6O/c1-17-5-4-12-24-23(17)27-21-7-3-6-20(26-21)19-9-14-28(15-10-19)22(30)11-16-29-18(2)8-13-25-29/h3-8,12-13,19H,9-11,14-16H2,1-2H3,(H,24,26,27). The van der Waals surface area contributed by atoms with Crippen molar-refractivity contribution in [3.63, 3.8) is 0 Å². The SMILES string of the molecule is Cc1cccnc1Nc1cccc(C2CCN(C(=O)CCn3nccc3C)CC2)n1. The van der Waals surface area contributed by atoms with Crippen LogP contribution in [0.25, 0.3) is 0 Å². The van der Waals surface area contributed by atoms with E-state index in [1.54, 1.807) is 12.4 Å². The van der Waals surface area contributed by atoms with Crippen LogP contribution in [-0.4, -0.2) is 43.6 Å². The number of likely N-dealkylation sites (tertiary alicyclic amines) is 1. The summed E-state index contributed by atoms with van der Waals surface area (Å²) in [4.78, 5) is 23.8. The number of amides is 1. The second-order valence-electron chi connectivity index (χ2n) is 7.84. The van der Waals surface area contributed by atoms with Crippen LogP contribution < -0.4 is 5.32 Å². The van der Waals surface area contributed by atoms with Crippen molar-refractivity contribution in [2.24, 2.45) is 0 Å². The van der Waals surface area contributed by atoms with E-state index >= 15 is 0 Å². The summed E-state index contributed by atoms with van der Waals surface area (Å²) in [7, 11) is 0. The number of nitrogens with one attached hydrogen (secondary N) is 1. The molecular formula is C23H28N6O. The second kappa shape index (κ2) is 9.07. The maximum Gasteiger partial charge on any atom is 0.224 e. The van der Waals surface area contributed by atoms with Crippen molar-refractivity contribution in [2.75, 3.05) is 18.4 Å². The zero-order chi connectivity index (χ0) is 20.9. The fraction of sp³-hybridized carbons (Fsp3) is 0.391. The highest BCUT2D eigenvalue weighted by atomic mass is 16.2. The van der Waals surface area contributed by atoms with Crippen LogP contribution in [0.15, 0.2) is 48.8 Å². The molecule has 0 radical (unpaired) electrons. The Morgan fingerprint density at radius 3 is 2.67 bits per heavy atom. The van der Waals surface area contributed by atoms with Gasteiger partial charge in [-0.1, -0.05) is 12.1 Å². The van der Waals surface area contributed by atoms with Crippen LogP contribution >= 0.6 is 0 Å². The molecule has 4 heterocycles. The Bertz CT molecular complexity index is 1010. The van der Waals surface area contributed by atoms with Crippen molar-refractivity contribution < 1.29 is 4.79 Å². The van der Waals surface area contributed by atoms with Crippen LogP contribution in [0.1, 0.15) is 42.1 Å². The lowest BCUT2D eigenvalue weighted by molar-refractivity contribution is -0.132. The van der Waals surface area contributed by atoms with Crippen molar-refractivity contribution in [1.29, 1.82) is 0 Å². The summed E-state index contributed by atoms with van der Waals surface area (Å²) in [6, 6.07) is 12.0. The van der Waals surface area contributed by atoms with Crippen LogP contribution in [0.3, 0.4) is 0 Å². The molecule has 3 aromatic heterocycles. The average molecular weight is 405 g/mol. The summed E-state index contributed by atoms with van der Waals surface area (Å²) in [5, 5.41) is 7.57. The molecule has 1 fully saturated rings. The van der Waals surface area contributed by atoms with Gasteiger partial charge >= 0.3 is 0 Å². The van der Waals surface area contributed by atoms with Gasteiger partial charge in [-0.3, -0.25) is 9.48 Å². The zero-order valence-electron chi connectivity index (χ0n) is 17.6. The summed E-state index contributed by atoms with van der Waals surface area (Å²) >= 11 is 0. The van der Waals surface area contributed by atoms with E-state index < -0.39 is 0 Å². The van der Waals surface area contributed by atoms with E-state index in [0.29, 0.717) is 18.9 Å². The van der Waals surface area contributed by atoms with Gasteiger partial charge in [0, 0.05) is 55.8 Å². The summed E-state index contributed by atoms with van der Waals surface area (Å²) in [5.41, 5.74) is 3.25. The molecule has 7 nitrogen and oxygen atoms in total. The van der Waals surface area contributed by atoms with Gasteiger partial charge in [0.05, 0.1) is 0 Å². The van der Waals surface area contributed by atoms with Crippen LogP contribution in [0.5, 0.6) is 0 Å². The van der Waals surface area contributed by atoms with Crippen molar-refractivity contribution in [3.8, 4) is 0 Å². The Morgan fingerprint density at radius 2 is 1.93 bits per heavy atom. The number of piperidine rings is 1. The molecule has 4 rings (SSSR count). The second-order valence-corrected chi connectivity index (χ2v) is 7.84. The van der Waals surface area contributed by atoms with E-state index in [9.17, 15) is 4.79 Å². The van der Waals surface area contributed by atoms with Crippen molar-refractivity contribution in [1.82, 2.24) is 24.6 Å². The molecule has 0 spiro atoms. The Morgan fingerprint density at radius 1 is 1.10 bits per heavy atom. The predicted molar refractivity (Wildman–Crippen MR) is 117 cm³/mol. The highest BCUT2D eigenvalue weighted by Crippen LogP contribution is 2.28. The minimum absolute atomic E-state index is 0.206. The lowest BCUT2D eigenvalue weighted by Gasteiger charge is -2.32. The lowest BCUT2D eigenvalue weighted by Crippen LogP contribution is -2.38. The van der Waals surface area contributed by atoms with E-state index in [1.807, 2.05) is 53.8 Å². The fourth-order valence-corrected chi connectivity index (χ4v) is 3.90. The fourth-order valence-electron chi connectivity index (χ4n) is 3.90. The number of pyridine rings is 2. The first-order chi connectivity index (χ1) is 14.6. The molecule has 1 amide bonds. The summed E-state index contributed by atoms with van der Waals surface area (Å²) in [6.45, 7) is 6.23. The molecule has 1 aliphatic rings. The number of hydrogen-bond acceptors (Lipinski definition) is 5. The summed E-state index contributed by atoms with van der Waals surface area (Å²) < 4.78 is 1.89. The number of rotatable bonds is 6. The van der Waals surface area contributed by atoms with Crippen LogP contribution in [0.2, 0.25) is 0 Å². The smallest absolute Gasteiger partial charge is 0.224 e. The molecular weight excluding hydrogens is 376 g/mol. The predicted octanol–water partition coefficient (Wildman–Crippen LogP) is 3.83. The van der Waals surface area contributed by atoms with Gasteiger partial charge in [-0.2, -0.15) is 5.10 Å². The van der Waals surface area contributed by atoms with Gasteiger partial charge < -0.3 is 10.2 Å². The van der Waals surface area contributed by atoms with E-state index in [1.165, 1.54) is 0 Å². The third kappa shape index (κ3) is 4.67. The third-order valence-electron chi connectivity index (χ3n) is 5.76. The molecule has 1 N–H and O–H groups in total. The minimum Gasteiger partial charge on any atom is -0.343 e. The van der Waals surface area contributed by atoms with Crippen LogP contribution in [0, 0.1) is 13.8 Å². The molecule has 1 aliphatic heterocycles. The first-order valence-corrected chi connectivity index (χ1v) is 10.5. The molecule has 0 bridgehead atoms. The van der Waals surface area contributed by atoms with Gasteiger partial charge in [-0.05, 0) is 56.5 Å². The highest BCUT2D eigenvalue weighted by Gasteiger charge is 2.24. The largest absolute Gasteiger partial charge is 0.343 e. The number of nitrogens with zero attached hydrogens (tertiary/aromatic N) is 5. The van der Waals surface area contributed by atoms with Crippen molar-refractivity contribution in [3.05, 3.63) is 65.7 Å². The molecule has 0 saturated carbocycles. The lowest BCUT2D eigenvalue weighted by atomic mass is 9.93. The molecule has 30 heavy (non-hydrogen) atoms. The normalized spacial score (nSPS) is 14.7. The summed E-state index contributed by atoms with van der Waals surface area (Å²) in [6.07, 6.45) is 5.92. The van der Waals surface area contributed by atoms with E-state index in [2.05, 4.69) is 21.5 Å². The number of hydrogen-bond donors (Lipinski definition) is 1. The maximum atomic E-state index is 12.6. The first-order valence-electron chi connectivity index (χ1n) is 10.5. The Balaban J connectivity index is 1.32. The van der Waals surface area contributed by atoms with E-state index in [-0.39, 0.29) is 5.91 Å². The molecule has 0 aromatic carbocycles. The Kier molecular flexibility index (Phi) is 6.07. The first kappa shape index (κ1) is 20.1. The summed E-state index contributed by atoms with van der Waals surface area (Å²) in [5.74, 6) is 2.21. The maximum absolute atomic E-state index is 12.6. The van der Waals surface area contributed by atoms with Crippen LogP contribution in [0.4, 0.5) is 11.6 Å². The molecule has 3 aromatic rings. The molecule has 1 saturated heterocycles. The minimum atomic E-state index is 0.206. The van der Waals surface area contributed by atoms with Gasteiger partial charge in [0.1, 0.15) is 11.6 Å². The van der Waals surface area contributed by atoms with Gasteiger partial charge in [-0.25, -0.2) is 9.97 Å². The molecule has 0 atom stereocenters. The highest BCUT2D eigenvalue weighted by molar-refractivity contribution is 5.76. The molecule has 0 unspecified atom stereocenters. The third-order valence-corrected chi connectivity index (χ3v) is 5.76. The van der Waals surface area contributed by atoms with Crippen molar-refractivity contribution >= 4 is 17.5 Å². The Hall–Kier alpha value is -3.22. The van der Waals surface area contributed by atoms with Gasteiger partial charge in [0.2, 0.25) is 5.91 Å². The quantitative estimate of drug-likeness (QED) is 0.676.